The highest BCUT2D eigenvalue weighted by atomic mass is 19.3. The van der Waals surface area contributed by atoms with Gasteiger partial charge in [-0.25, -0.2) is 8.78 Å². The van der Waals surface area contributed by atoms with Crippen LogP contribution in [0.15, 0.2) is 6.20 Å². The highest BCUT2D eigenvalue weighted by Crippen LogP contribution is 2.24. The molecule has 0 radical (unpaired) electrons. The number of halogens is 2. The van der Waals surface area contributed by atoms with Crippen molar-refractivity contribution in [3.05, 3.63) is 28.6 Å². The van der Waals surface area contributed by atoms with Gasteiger partial charge in [0.25, 0.3) is 6.43 Å². The molecule has 0 fully saturated rings. The van der Waals surface area contributed by atoms with E-state index in [1.807, 2.05) is 0 Å². The summed E-state index contributed by atoms with van der Waals surface area (Å²) >= 11 is 0. The minimum absolute atomic E-state index is 0.0181. The molecule has 1 aromatic heterocycles. The lowest BCUT2D eigenvalue weighted by Gasteiger charge is -2.08. The molecule has 1 aromatic rings. The zero-order chi connectivity index (χ0) is 10.7. The van der Waals surface area contributed by atoms with Gasteiger partial charge in [-0.15, -0.1) is 0 Å². The second-order valence-electron chi connectivity index (χ2n) is 2.78. The largest absolute Gasteiger partial charge is 0.325 e. The fraction of sp³-hybridized carbons (Fsp3) is 0.333. The molecule has 14 heavy (non-hydrogen) atoms. The van der Waals surface area contributed by atoms with Crippen LogP contribution in [0.1, 0.15) is 28.8 Å². The Kier molecular flexibility index (Phi) is 3.10. The van der Waals surface area contributed by atoms with E-state index in [0.29, 0.717) is 11.3 Å². The Morgan fingerprint density at radius 1 is 1.64 bits per heavy atom. The third-order valence-electron chi connectivity index (χ3n) is 2.00. The first-order valence-electron chi connectivity index (χ1n) is 3.98. The summed E-state index contributed by atoms with van der Waals surface area (Å²) in [6, 6.07) is 1.74. The van der Waals surface area contributed by atoms with Gasteiger partial charge in [-0.1, -0.05) is 0 Å². The van der Waals surface area contributed by atoms with Crippen molar-refractivity contribution in [1.29, 1.82) is 5.26 Å². The molecule has 0 aliphatic heterocycles. The van der Waals surface area contributed by atoms with Crippen molar-refractivity contribution in [3.63, 3.8) is 0 Å². The molecule has 0 saturated carbocycles. The van der Waals surface area contributed by atoms with Gasteiger partial charge in [0, 0.05) is 12.7 Å². The third kappa shape index (κ3) is 1.70. The summed E-state index contributed by atoms with van der Waals surface area (Å²) in [6.45, 7) is 1.71. The van der Waals surface area contributed by atoms with Gasteiger partial charge in [0.2, 0.25) is 0 Å². The molecule has 0 amide bonds. The van der Waals surface area contributed by atoms with E-state index in [1.165, 1.54) is 0 Å². The van der Waals surface area contributed by atoms with E-state index in [-0.39, 0.29) is 17.7 Å². The summed E-state index contributed by atoms with van der Waals surface area (Å²) in [5, 5.41) is 8.72. The highest BCUT2D eigenvalue weighted by molar-refractivity contribution is 5.45. The van der Waals surface area contributed by atoms with Crippen LogP contribution in [0.3, 0.4) is 0 Å². The van der Waals surface area contributed by atoms with Gasteiger partial charge in [-0.3, -0.25) is 4.98 Å². The van der Waals surface area contributed by atoms with Gasteiger partial charge in [0.15, 0.2) is 0 Å². The number of pyridine rings is 1. The minimum atomic E-state index is -2.68. The molecule has 5 heteroatoms. The summed E-state index contributed by atoms with van der Waals surface area (Å²) < 4.78 is 24.8. The van der Waals surface area contributed by atoms with Crippen LogP contribution in [0.2, 0.25) is 0 Å². The lowest BCUT2D eigenvalue weighted by Crippen LogP contribution is -2.06. The summed E-state index contributed by atoms with van der Waals surface area (Å²) in [4.78, 5) is 3.77. The van der Waals surface area contributed by atoms with Crippen LogP contribution in [-0.4, -0.2) is 4.98 Å². The molecule has 0 saturated heterocycles. The fourth-order valence-corrected chi connectivity index (χ4v) is 1.19. The SMILES string of the molecule is Cc1c(CN)ncc(C(F)F)c1C#N. The predicted molar refractivity (Wildman–Crippen MR) is 46.5 cm³/mol. The molecule has 0 aromatic carbocycles. The van der Waals surface area contributed by atoms with Crippen LogP contribution >= 0.6 is 0 Å². The van der Waals surface area contributed by atoms with Crippen LogP contribution in [0.5, 0.6) is 0 Å². The number of nitriles is 1. The summed E-state index contributed by atoms with van der Waals surface area (Å²) in [7, 11) is 0. The molecule has 0 atom stereocenters. The Morgan fingerprint density at radius 3 is 2.71 bits per heavy atom. The first kappa shape index (κ1) is 10.5. The smallest absolute Gasteiger partial charge is 0.266 e. The maximum Gasteiger partial charge on any atom is 0.266 e. The Bertz CT molecular complexity index is 382. The van der Waals surface area contributed by atoms with Crippen molar-refractivity contribution in [2.45, 2.75) is 19.9 Å². The highest BCUT2D eigenvalue weighted by Gasteiger charge is 2.17. The van der Waals surface area contributed by atoms with E-state index in [2.05, 4.69) is 4.98 Å². The Balaban J connectivity index is 3.38. The van der Waals surface area contributed by atoms with Crippen LogP contribution < -0.4 is 5.73 Å². The number of alkyl halides is 2. The quantitative estimate of drug-likeness (QED) is 0.784. The number of hydrogen-bond acceptors (Lipinski definition) is 3. The standard InChI is InChI=1S/C9H9F2N3/c1-5-6(2-12)7(9(10)11)4-14-8(5)3-13/h4,9H,3,13H2,1H3. The molecule has 0 aliphatic rings. The van der Waals surface area contributed by atoms with Crippen LogP contribution in [0.4, 0.5) is 8.78 Å². The number of nitrogens with two attached hydrogens (primary N) is 1. The summed E-state index contributed by atoms with van der Waals surface area (Å²) in [5.41, 5.74) is 5.91. The van der Waals surface area contributed by atoms with Crippen LogP contribution in [-0.2, 0) is 6.54 Å². The lowest BCUT2D eigenvalue weighted by molar-refractivity contribution is 0.150. The van der Waals surface area contributed by atoms with E-state index in [4.69, 9.17) is 11.0 Å². The Hall–Kier alpha value is -1.54. The molecular formula is C9H9F2N3. The molecule has 1 heterocycles. The zero-order valence-electron chi connectivity index (χ0n) is 7.59. The van der Waals surface area contributed by atoms with Crippen molar-refractivity contribution < 1.29 is 8.78 Å². The second-order valence-corrected chi connectivity index (χ2v) is 2.78. The van der Waals surface area contributed by atoms with Gasteiger partial charge in [-0.2, -0.15) is 5.26 Å². The van der Waals surface area contributed by atoms with Crippen molar-refractivity contribution >= 4 is 0 Å². The molecule has 1 rings (SSSR count). The van der Waals surface area contributed by atoms with Crippen molar-refractivity contribution in [2.75, 3.05) is 0 Å². The zero-order valence-corrected chi connectivity index (χ0v) is 7.59. The number of aromatic nitrogens is 1. The molecular weight excluding hydrogens is 188 g/mol. The average molecular weight is 197 g/mol. The monoisotopic (exact) mass is 197 g/mol. The molecule has 0 bridgehead atoms. The van der Waals surface area contributed by atoms with Crippen molar-refractivity contribution in [1.82, 2.24) is 4.98 Å². The number of nitrogens with zero attached hydrogens (tertiary/aromatic N) is 2. The number of hydrogen-bond donors (Lipinski definition) is 1. The summed E-state index contributed by atoms with van der Waals surface area (Å²) in [6.07, 6.45) is -1.67. The molecule has 2 N–H and O–H groups in total. The van der Waals surface area contributed by atoms with Gasteiger partial charge in [0.05, 0.1) is 16.8 Å². The normalized spacial score (nSPS) is 10.3. The van der Waals surface area contributed by atoms with Gasteiger partial charge in [-0.05, 0) is 12.5 Å². The van der Waals surface area contributed by atoms with Gasteiger partial charge >= 0.3 is 0 Å². The minimum Gasteiger partial charge on any atom is -0.325 e. The van der Waals surface area contributed by atoms with Crippen molar-refractivity contribution in [2.24, 2.45) is 5.73 Å². The maximum atomic E-state index is 12.4. The van der Waals surface area contributed by atoms with E-state index < -0.39 is 6.43 Å². The van der Waals surface area contributed by atoms with Crippen molar-refractivity contribution in [3.8, 4) is 6.07 Å². The molecule has 3 nitrogen and oxygen atoms in total. The lowest BCUT2D eigenvalue weighted by atomic mass is 10.0. The van der Waals surface area contributed by atoms with Gasteiger partial charge < -0.3 is 5.73 Å². The number of rotatable bonds is 2. The summed E-state index contributed by atoms with van der Waals surface area (Å²) in [5.74, 6) is 0. The first-order valence-corrected chi connectivity index (χ1v) is 3.98. The molecule has 0 aliphatic carbocycles. The molecule has 74 valence electrons. The predicted octanol–water partition coefficient (Wildman–Crippen LogP) is 1.66. The average Bonchev–Trinajstić information content (AvgIpc) is 2.17. The van der Waals surface area contributed by atoms with E-state index in [0.717, 1.165) is 6.20 Å². The topological polar surface area (TPSA) is 62.7 Å². The second kappa shape index (κ2) is 4.11. The van der Waals surface area contributed by atoms with E-state index in [1.54, 1.807) is 13.0 Å². The fourth-order valence-electron chi connectivity index (χ4n) is 1.19. The molecule has 0 unspecified atom stereocenters. The van der Waals surface area contributed by atoms with Crippen LogP contribution in [0.25, 0.3) is 0 Å². The van der Waals surface area contributed by atoms with Gasteiger partial charge in [0.1, 0.15) is 6.07 Å². The first-order chi connectivity index (χ1) is 6.61. The maximum absolute atomic E-state index is 12.4. The third-order valence-corrected chi connectivity index (χ3v) is 2.00. The van der Waals surface area contributed by atoms with Crippen LogP contribution in [0, 0.1) is 18.3 Å². The Labute approximate surface area is 80.2 Å². The van der Waals surface area contributed by atoms with E-state index >= 15 is 0 Å². The Morgan fingerprint density at radius 2 is 2.29 bits per heavy atom. The van der Waals surface area contributed by atoms with E-state index in [9.17, 15) is 8.78 Å². The molecule has 0 spiro atoms.